The maximum atomic E-state index is 13.6. The summed E-state index contributed by atoms with van der Waals surface area (Å²) in [7, 11) is -4.24. The first-order valence-corrected chi connectivity index (χ1v) is 13.5. The summed E-state index contributed by atoms with van der Waals surface area (Å²) in [6.45, 7) is 8.18. The van der Waals surface area contributed by atoms with Crippen LogP contribution in [0, 0.1) is 5.82 Å². The highest BCUT2D eigenvalue weighted by Crippen LogP contribution is 2.34. The Morgan fingerprint density at radius 3 is 2.24 bits per heavy atom. The lowest BCUT2D eigenvalue weighted by atomic mass is 9.86. The summed E-state index contributed by atoms with van der Waals surface area (Å²) in [4.78, 5) is 12.8. The van der Waals surface area contributed by atoms with Crippen molar-refractivity contribution in [2.45, 2.75) is 38.0 Å². The third-order valence-corrected chi connectivity index (χ3v) is 7.79. The van der Waals surface area contributed by atoms with Crippen molar-refractivity contribution in [3.8, 4) is 11.5 Å². The van der Waals surface area contributed by atoms with Crippen LogP contribution in [0.3, 0.4) is 0 Å². The van der Waals surface area contributed by atoms with Gasteiger partial charge in [-0.3, -0.25) is 9.10 Å². The largest absolute Gasteiger partial charge is 0.486 e. The van der Waals surface area contributed by atoms with Crippen molar-refractivity contribution >= 4 is 27.3 Å². The average molecular weight is 540 g/mol. The number of nitrogens with one attached hydrogen (secondary N) is 1. The summed E-state index contributed by atoms with van der Waals surface area (Å²) in [5.41, 5.74) is 5.10. The second-order valence-electron chi connectivity index (χ2n) is 9.85. The lowest BCUT2D eigenvalue weighted by Crippen LogP contribution is -2.39. The Morgan fingerprint density at radius 1 is 0.974 bits per heavy atom. The molecule has 0 bridgehead atoms. The summed E-state index contributed by atoms with van der Waals surface area (Å²) in [6.07, 6.45) is 0. The standard InChI is InChI=1S/C28H30FN3O5S/c1-19(20-5-7-21(8-6-20)28(2,3)4)30-31-27(33)18-32(23-11-9-22(29)10-12-23)38(34,35)24-13-14-25-26(17-24)37-16-15-36-25/h5-14,17H,15-16,18H2,1-4H3,(H,31,33)/b30-19-. The van der Waals surface area contributed by atoms with Crippen molar-refractivity contribution < 1.29 is 27.1 Å². The van der Waals surface area contributed by atoms with E-state index in [0.29, 0.717) is 23.8 Å². The molecule has 0 fully saturated rings. The Kier molecular flexibility index (Phi) is 7.73. The van der Waals surface area contributed by atoms with Gasteiger partial charge in [-0.05, 0) is 59.9 Å². The third-order valence-electron chi connectivity index (χ3n) is 6.02. The molecule has 38 heavy (non-hydrogen) atoms. The molecular formula is C28H30FN3O5S. The second-order valence-corrected chi connectivity index (χ2v) is 11.7. The number of nitrogens with zero attached hydrogens (tertiary/aromatic N) is 2. The van der Waals surface area contributed by atoms with Gasteiger partial charge in [0.2, 0.25) is 0 Å². The van der Waals surface area contributed by atoms with Gasteiger partial charge in [0, 0.05) is 6.07 Å². The number of benzene rings is 3. The summed E-state index contributed by atoms with van der Waals surface area (Å²) >= 11 is 0. The number of hydrogen-bond acceptors (Lipinski definition) is 6. The van der Waals surface area contributed by atoms with E-state index in [4.69, 9.17) is 9.47 Å². The smallest absolute Gasteiger partial charge is 0.264 e. The monoisotopic (exact) mass is 539 g/mol. The maximum absolute atomic E-state index is 13.6. The van der Waals surface area contributed by atoms with E-state index in [-0.39, 0.29) is 22.6 Å². The summed E-state index contributed by atoms with van der Waals surface area (Å²) < 4.78 is 52.7. The van der Waals surface area contributed by atoms with Crippen molar-refractivity contribution in [1.82, 2.24) is 5.43 Å². The number of hydrazone groups is 1. The quantitative estimate of drug-likeness (QED) is 0.349. The van der Waals surface area contributed by atoms with Crippen LogP contribution in [-0.2, 0) is 20.2 Å². The van der Waals surface area contributed by atoms with Crippen LogP contribution in [0.1, 0.15) is 38.8 Å². The summed E-state index contributed by atoms with van der Waals surface area (Å²) in [5.74, 6) is -0.478. The van der Waals surface area contributed by atoms with Gasteiger partial charge >= 0.3 is 0 Å². The zero-order valence-electron chi connectivity index (χ0n) is 21.7. The van der Waals surface area contributed by atoms with Crippen LogP contribution >= 0.6 is 0 Å². The number of ether oxygens (including phenoxy) is 2. The predicted molar refractivity (Wildman–Crippen MR) is 144 cm³/mol. The molecule has 0 aliphatic carbocycles. The Hall–Kier alpha value is -3.92. The van der Waals surface area contributed by atoms with Crippen LogP contribution in [0.4, 0.5) is 10.1 Å². The van der Waals surface area contributed by atoms with E-state index in [2.05, 4.69) is 31.3 Å². The number of hydrogen-bond donors (Lipinski definition) is 1. The molecule has 0 atom stereocenters. The van der Waals surface area contributed by atoms with Gasteiger partial charge in [0.25, 0.3) is 15.9 Å². The molecule has 3 aromatic carbocycles. The normalized spacial score (nSPS) is 13.7. The molecule has 0 saturated carbocycles. The number of fused-ring (bicyclic) bond motifs is 1. The third kappa shape index (κ3) is 6.13. The average Bonchev–Trinajstić information content (AvgIpc) is 2.90. The second kappa shape index (κ2) is 10.8. The van der Waals surface area contributed by atoms with Crippen LogP contribution in [0.15, 0.2) is 76.7 Å². The minimum Gasteiger partial charge on any atom is -0.486 e. The Balaban J connectivity index is 1.57. The fraction of sp³-hybridized carbons (Fsp3) is 0.286. The number of rotatable bonds is 7. The molecule has 0 radical (unpaired) electrons. The molecule has 0 aromatic heterocycles. The molecule has 4 rings (SSSR count). The Morgan fingerprint density at radius 2 is 1.61 bits per heavy atom. The first-order valence-electron chi connectivity index (χ1n) is 12.1. The van der Waals surface area contributed by atoms with Gasteiger partial charge in [-0.25, -0.2) is 18.2 Å². The predicted octanol–water partition coefficient (Wildman–Crippen LogP) is 4.63. The lowest BCUT2D eigenvalue weighted by Gasteiger charge is -2.25. The van der Waals surface area contributed by atoms with Gasteiger partial charge in [0.1, 0.15) is 25.6 Å². The minimum atomic E-state index is -4.24. The molecule has 1 N–H and O–H groups in total. The van der Waals surface area contributed by atoms with Gasteiger partial charge in [-0.1, -0.05) is 45.0 Å². The summed E-state index contributed by atoms with van der Waals surface area (Å²) in [6, 6.07) is 16.9. The van der Waals surface area contributed by atoms with Crippen LogP contribution in [0.5, 0.6) is 11.5 Å². The minimum absolute atomic E-state index is 0.00427. The molecule has 1 heterocycles. The van der Waals surface area contributed by atoms with Crippen LogP contribution in [0.2, 0.25) is 0 Å². The molecule has 1 aliphatic rings. The van der Waals surface area contributed by atoms with Gasteiger partial charge in [-0.15, -0.1) is 0 Å². The van der Waals surface area contributed by atoms with Crippen molar-refractivity contribution in [3.05, 3.63) is 83.7 Å². The maximum Gasteiger partial charge on any atom is 0.264 e. The Bertz CT molecular complexity index is 1450. The zero-order chi connectivity index (χ0) is 27.5. The SMILES string of the molecule is C/C(=N/NC(=O)CN(c1ccc(F)cc1)S(=O)(=O)c1ccc2c(c1)OCCO2)c1ccc(C(C)(C)C)cc1. The van der Waals surface area contributed by atoms with Crippen molar-refractivity contribution in [2.75, 3.05) is 24.1 Å². The number of carbonyl (C=O) groups is 1. The number of sulfonamides is 1. The topological polar surface area (TPSA) is 97.3 Å². The number of halogens is 1. The number of amides is 1. The zero-order valence-corrected chi connectivity index (χ0v) is 22.5. The summed E-state index contributed by atoms with van der Waals surface area (Å²) in [5, 5.41) is 4.16. The molecular weight excluding hydrogens is 509 g/mol. The fourth-order valence-electron chi connectivity index (χ4n) is 3.82. The highest BCUT2D eigenvalue weighted by molar-refractivity contribution is 7.92. The van der Waals surface area contributed by atoms with Crippen molar-refractivity contribution in [1.29, 1.82) is 0 Å². The van der Waals surface area contributed by atoms with Crippen molar-refractivity contribution in [2.24, 2.45) is 5.10 Å². The molecule has 3 aromatic rings. The van der Waals surface area contributed by atoms with Crippen LogP contribution in [0.25, 0.3) is 0 Å². The highest BCUT2D eigenvalue weighted by atomic mass is 32.2. The van der Waals surface area contributed by atoms with E-state index in [0.717, 1.165) is 27.6 Å². The molecule has 10 heteroatoms. The van der Waals surface area contributed by atoms with E-state index in [9.17, 15) is 17.6 Å². The lowest BCUT2D eigenvalue weighted by molar-refractivity contribution is -0.119. The molecule has 1 amide bonds. The molecule has 0 spiro atoms. The van der Waals surface area contributed by atoms with E-state index in [1.807, 2.05) is 24.3 Å². The number of anilines is 1. The first-order chi connectivity index (χ1) is 17.9. The molecule has 8 nitrogen and oxygen atoms in total. The van der Waals surface area contributed by atoms with E-state index >= 15 is 0 Å². The first kappa shape index (κ1) is 27.1. The Labute approximate surface area is 222 Å². The van der Waals surface area contributed by atoms with E-state index < -0.39 is 28.3 Å². The van der Waals surface area contributed by atoms with E-state index in [1.54, 1.807) is 6.92 Å². The van der Waals surface area contributed by atoms with Crippen LogP contribution in [-0.4, -0.2) is 39.8 Å². The van der Waals surface area contributed by atoms with Gasteiger partial charge in [0.15, 0.2) is 11.5 Å². The van der Waals surface area contributed by atoms with Gasteiger partial charge in [0.05, 0.1) is 16.3 Å². The van der Waals surface area contributed by atoms with Gasteiger partial charge < -0.3 is 9.47 Å². The van der Waals surface area contributed by atoms with Gasteiger partial charge in [-0.2, -0.15) is 5.10 Å². The molecule has 200 valence electrons. The molecule has 0 saturated heterocycles. The fourth-order valence-corrected chi connectivity index (χ4v) is 5.26. The number of carbonyl (C=O) groups excluding carboxylic acids is 1. The van der Waals surface area contributed by atoms with E-state index in [1.165, 1.54) is 30.3 Å². The van der Waals surface area contributed by atoms with Crippen LogP contribution < -0.4 is 19.2 Å². The highest BCUT2D eigenvalue weighted by Gasteiger charge is 2.29. The molecule has 1 aliphatic heterocycles. The molecule has 0 unspecified atom stereocenters. The van der Waals surface area contributed by atoms with Crippen molar-refractivity contribution in [3.63, 3.8) is 0 Å².